The van der Waals surface area contributed by atoms with Crippen molar-refractivity contribution >= 4 is 0 Å². The molecular formula is C13H19NO2. The van der Waals surface area contributed by atoms with Crippen LogP contribution in [0.4, 0.5) is 0 Å². The van der Waals surface area contributed by atoms with E-state index < -0.39 is 0 Å². The molecule has 1 aromatic carbocycles. The molecule has 3 heteroatoms. The highest BCUT2D eigenvalue weighted by molar-refractivity contribution is 5.38. The number of aromatic hydroxyl groups is 1. The maximum Gasteiger partial charge on any atom is 0.115 e. The van der Waals surface area contributed by atoms with Gasteiger partial charge in [-0.3, -0.25) is 0 Å². The van der Waals surface area contributed by atoms with E-state index in [0.29, 0.717) is 18.3 Å². The third-order valence-electron chi connectivity index (χ3n) is 3.10. The molecule has 2 unspecified atom stereocenters. The number of hydrogen-bond donors (Lipinski definition) is 3. The van der Waals surface area contributed by atoms with Gasteiger partial charge in [0.1, 0.15) is 5.75 Å². The Kier molecular flexibility index (Phi) is 3.46. The summed E-state index contributed by atoms with van der Waals surface area (Å²) in [6.07, 6.45) is 2.96. The van der Waals surface area contributed by atoms with Crippen LogP contribution in [0.15, 0.2) is 18.2 Å². The largest absolute Gasteiger partial charge is 0.508 e. The van der Waals surface area contributed by atoms with E-state index in [4.69, 9.17) is 0 Å². The van der Waals surface area contributed by atoms with Crippen molar-refractivity contribution in [2.24, 2.45) is 0 Å². The lowest BCUT2D eigenvalue weighted by Crippen LogP contribution is -2.30. The Morgan fingerprint density at radius 2 is 2.31 bits per heavy atom. The lowest BCUT2D eigenvalue weighted by molar-refractivity contribution is 0.184. The number of phenolic OH excluding ortho intramolecular Hbond substituents is 1. The zero-order chi connectivity index (χ0) is 11.5. The fraction of sp³-hybridized carbons (Fsp3) is 0.538. The van der Waals surface area contributed by atoms with E-state index >= 15 is 0 Å². The van der Waals surface area contributed by atoms with E-state index in [1.165, 1.54) is 11.1 Å². The van der Waals surface area contributed by atoms with E-state index in [0.717, 1.165) is 19.3 Å². The quantitative estimate of drug-likeness (QED) is 0.728. The summed E-state index contributed by atoms with van der Waals surface area (Å²) in [6, 6.07) is 5.90. The molecule has 3 N–H and O–H groups in total. The summed E-state index contributed by atoms with van der Waals surface area (Å²) in [5.74, 6) is 0.343. The van der Waals surface area contributed by atoms with E-state index in [9.17, 15) is 10.2 Å². The first-order valence-electron chi connectivity index (χ1n) is 5.90. The number of aryl methyl sites for hydroxylation is 1. The minimum absolute atomic E-state index is 0.317. The molecule has 0 aliphatic heterocycles. The Labute approximate surface area is 96.1 Å². The van der Waals surface area contributed by atoms with E-state index in [1.54, 1.807) is 13.0 Å². The maximum absolute atomic E-state index is 9.43. The Balaban J connectivity index is 2.13. The van der Waals surface area contributed by atoms with Gasteiger partial charge in [0.15, 0.2) is 0 Å². The fourth-order valence-electron chi connectivity index (χ4n) is 2.33. The minimum atomic E-state index is -0.317. The second-order valence-corrected chi connectivity index (χ2v) is 4.59. The number of phenols is 1. The number of aliphatic hydroxyl groups is 1. The summed E-state index contributed by atoms with van der Waals surface area (Å²) >= 11 is 0. The van der Waals surface area contributed by atoms with Gasteiger partial charge in [-0.15, -0.1) is 0 Å². The molecule has 0 saturated heterocycles. The first-order chi connectivity index (χ1) is 7.66. The van der Waals surface area contributed by atoms with Crippen LogP contribution >= 0.6 is 0 Å². The number of aliphatic hydroxyl groups excluding tert-OH is 1. The molecule has 2 rings (SSSR count). The lowest BCUT2D eigenvalue weighted by Gasteiger charge is -2.27. The van der Waals surface area contributed by atoms with Crippen LogP contribution in [0.1, 0.15) is 36.9 Å². The Morgan fingerprint density at radius 1 is 1.50 bits per heavy atom. The molecule has 0 aromatic heterocycles. The van der Waals surface area contributed by atoms with Crippen molar-refractivity contribution in [3.63, 3.8) is 0 Å². The van der Waals surface area contributed by atoms with E-state index in [-0.39, 0.29) is 6.10 Å². The SMILES string of the molecule is CC(O)CNC1CCCc2cc(O)ccc21. The molecule has 0 amide bonds. The van der Waals surface area contributed by atoms with Crippen LogP contribution in [0.25, 0.3) is 0 Å². The molecule has 1 aromatic rings. The predicted molar refractivity (Wildman–Crippen MR) is 63.5 cm³/mol. The molecule has 0 radical (unpaired) electrons. The van der Waals surface area contributed by atoms with Gasteiger partial charge in [0, 0.05) is 12.6 Å². The Bertz CT molecular complexity index is 363. The number of rotatable bonds is 3. The van der Waals surface area contributed by atoms with Gasteiger partial charge in [-0.2, -0.15) is 0 Å². The van der Waals surface area contributed by atoms with Crippen molar-refractivity contribution < 1.29 is 10.2 Å². The van der Waals surface area contributed by atoms with Crippen LogP contribution in [-0.4, -0.2) is 22.9 Å². The summed E-state index contributed by atoms with van der Waals surface area (Å²) in [5, 5.41) is 22.1. The molecule has 88 valence electrons. The number of benzene rings is 1. The van der Waals surface area contributed by atoms with Gasteiger partial charge in [0.25, 0.3) is 0 Å². The normalized spacial score (nSPS) is 21.5. The number of fused-ring (bicyclic) bond motifs is 1. The molecule has 0 bridgehead atoms. The summed E-state index contributed by atoms with van der Waals surface area (Å²) in [5.41, 5.74) is 2.50. The molecule has 2 atom stereocenters. The summed E-state index contributed by atoms with van der Waals surface area (Å²) < 4.78 is 0. The Morgan fingerprint density at radius 3 is 3.06 bits per heavy atom. The zero-order valence-corrected chi connectivity index (χ0v) is 9.61. The Hall–Kier alpha value is -1.06. The highest BCUT2D eigenvalue weighted by Gasteiger charge is 2.20. The molecule has 1 aliphatic rings. The van der Waals surface area contributed by atoms with E-state index in [1.807, 2.05) is 12.1 Å². The molecule has 0 heterocycles. The van der Waals surface area contributed by atoms with Gasteiger partial charge in [-0.05, 0) is 49.4 Å². The van der Waals surface area contributed by atoms with Crippen LogP contribution in [0.2, 0.25) is 0 Å². The smallest absolute Gasteiger partial charge is 0.115 e. The second kappa shape index (κ2) is 4.85. The van der Waals surface area contributed by atoms with Gasteiger partial charge in [-0.1, -0.05) is 6.07 Å². The van der Waals surface area contributed by atoms with Crippen LogP contribution in [0, 0.1) is 0 Å². The van der Waals surface area contributed by atoms with Crippen molar-refractivity contribution in [3.05, 3.63) is 29.3 Å². The topological polar surface area (TPSA) is 52.5 Å². The summed E-state index contributed by atoms with van der Waals surface area (Å²) in [4.78, 5) is 0. The monoisotopic (exact) mass is 221 g/mol. The van der Waals surface area contributed by atoms with Crippen molar-refractivity contribution in [1.82, 2.24) is 5.32 Å². The first kappa shape index (κ1) is 11.4. The third-order valence-corrected chi connectivity index (χ3v) is 3.10. The van der Waals surface area contributed by atoms with Gasteiger partial charge in [0.05, 0.1) is 6.10 Å². The molecule has 1 aliphatic carbocycles. The van der Waals surface area contributed by atoms with Crippen molar-refractivity contribution in [3.8, 4) is 5.75 Å². The average molecular weight is 221 g/mol. The average Bonchev–Trinajstić information content (AvgIpc) is 2.25. The highest BCUT2D eigenvalue weighted by atomic mass is 16.3. The van der Waals surface area contributed by atoms with E-state index in [2.05, 4.69) is 5.32 Å². The third kappa shape index (κ3) is 2.54. The molecule has 0 spiro atoms. The number of hydrogen-bond acceptors (Lipinski definition) is 3. The second-order valence-electron chi connectivity index (χ2n) is 4.59. The lowest BCUT2D eigenvalue weighted by atomic mass is 9.87. The van der Waals surface area contributed by atoms with Gasteiger partial charge in [-0.25, -0.2) is 0 Å². The van der Waals surface area contributed by atoms with Crippen LogP contribution in [0.3, 0.4) is 0 Å². The van der Waals surface area contributed by atoms with Gasteiger partial charge in [0.2, 0.25) is 0 Å². The van der Waals surface area contributed by atoms with Crippen LogP contribution < -0.4 is 5.32 Å². The fourth-order valence-corrected chi connectivity index (χ4v) is 2.33. The highest BCUT2D eigenvalue weighted by Crippen LogP contribution is 2.31. The van der Waals surface area contributed by atoms with Crippen molar-refractivity contribution in [1.29, 1.82) is 0 Å². The summed E-state index contributed by atoms with van der Waals surface area (Å²) in [7, 11) is 0. The minimum Gasteiger partial charge on any atom is -0.508 e. The maximum atomic E-state index is 9.43. The van der Waals surface area contributed by atoms with Gasteiger partial charge >= 0.3 is 0 Å². The standard InChI is InChI=1S/C13H19NO2/c1-9(15)8-14-13-4-2-3-10-7-11(16)5-6-12(10)13/h5-7,9,13-16H,2-4,8H2,1H3. The van der Waals surface area contributed by atoms with Crippen LogP contribution in [-0.2, 0) is 6.42 Å². The predicted octanol–water partition coefficient (Wildman–Crippen LogP) is 1.74. The first-order valence-corrected chi connectivity index (χ1v) is 5.90. The van der Waals surface area contributed by atoms with Crippen LogP contribution in [0.5, 0.6) is 5.75 Å². The van der Waals surface area contributed by atoms with Crippen molar-refractivity contribution in [2.75, 3.05) is 6.54 Å². The van der Waals surface area contributed by atoms with Crippen molar-refractivity contribution in [2.45, 2.75) is 38.3 Å². The number of nitrogens with one attached hydrogen (secondary N) is 1. The van der Waals surface area contributed by atoms with Gasteiger partial charge < -0.3 is 15.5 Å². The zero-order valence-electron chi connectivity index (χ0n) is 9.61. The molecule has 16 heavy (non-hydrogen) atoms. The molecular weight excluding hydrogens is 202 g/mol. The molecule has 3 nitrogen and oxygen atoms in total. The summed E-state index contributed by atoms with van der Waals surface area (Å²) in [6.45, 7) is 2.40. The molecule has 0 saturated carbocycles. The molecule has 0 fully saturated rings.